The number of rotatable bonds is 8. The number of anilines is 1. The van der Waals surface area contributed by atoms with Gasteiger partial charge in [-0.3, -0.25) is 9.59 Å². The largest absolute Gasteiger partial charge is 0.427 e. The van der Waals surface area contributed by atoms with Gasteiger partial charge in [0.2, 0.25) is 11.5 Å². The molecule has 0 aromatic heterocycles. The molecule has 10 nitrogen and oxygen atoms in total. The Labute approximate surface area is 245 Å². The second-order valence-electron chi connectivity index (χ2n) is 11.2. The molecule has 1 aliphatic heterocycles. The smallest absolute Gasteiger partial charge is 0.418 e. The first kappa shape index (κ1) is 31.7. The van der Waals surface area contributed by atoms with Crippen LogP contribution in [0.1, 0.15) is 50.8 Å². The molecule has 5 amide bonds. The highest BCUT2D eigenvalue weighted by molar-refractivity contribution is 6.06. The lowest BCUT2D eigenvalue weighted by Gasteiger charge is -2.31. The van der Waals surface area contributed by atoms with Gasteiger partial charge in [-0.15, -0.1) is 0 Å². The number of amides is 5. The third-order valence-corrected chi connectivity index (χ3v) is 7.93. The number of nitrogens with one attached hydrogen (secondary N) is 2. The van der Waals surface area contributed by atoms with Crippen LogP contribution >= 0.6 is 0 Å². The molecule has 232 valence electrons. The van der Waals surface area contributed by atoms with Crippen LogP contribution in [0.25, 0.3) is 0 Å². The monoisotopic (exact) mass is 608 g/mol. The number of urea groups is 1. The molecule has 0 unspecified atom stereocenters. The molecule has 0 bridgehead atoms. The zero-order valence-corrected chi connectivity index (χ0v) is 23.9. The van der Waals surface area contributed by atoms with Crippen LogP contribution in [0, 0.1) is 11.7 Å². The van der Waals surface area contributed by atoms with Crippen molar-refractivity contribution in [2.45, 2.75) is 70.6 Å². The van der Waals surface area contributed by atoms with Crippen LogP contribution < -0.4 is 10.6 Å². The van der Waals surface area contributed by atoms with Gasteiger partial charge in [-0.1, -0.05) is 32.0 Å². The Kier molecular flexibility index (Phi) is 8.47. The molecule has 1 aliphatic carbocycles. The second kappa shape index (κ2) is 11.5. The number of aliphatic hydroxyl groups is 1. The van der Waals surface area contributed by atoms with E-state index in [1.807, 2.05) is 0 Å². The minimum absolute atomic E-state index is 0.0214. The van der Waals surface area contributed by atoms with Gasteiger partial charge in [0.05, 0.1) is 0 Å². The predicted octanol–water partition coefficient (Wildman–Crippen LogP) is 4.41. The Bertz CT molecular complexity index is 1430. The number of fused-ring (bicyclic) bond motifs is 2. The Morgan fingerprint density at radius 3 is 2.37 bits per heavy atom. The van der Waals surface area contributed by atoms with Crippen LogP contribution in [-0.4, -0.2) is 63.3 Å². The average molecular weight is 609 g/mol. The highest BCUT2D eigenvalue weighted by atomic mass is 19.4. The van der Waals surface area contributed by atoms with E-state index >= 15 is 0 Å². The fraction of sp³-hybridized carbons (Fsp3) is 0.448. The summed E-state index contributed by atoms with van der Waals surface area (Å²) in [7, 11) is 0. The van der Waals surface area contributed by atoms with Crippen LogP contribution in [0.2, 0.25) is 0 Å². The summed E-state index contributed by atoms with van der Waals surface area (Å²) in [6.45, 7) is 4.15. The van der Waals surface area contributed by atoms with Gasteiger partial charge < -0.3 is 25.4 Å². The molecular formula is C29H32F4N4O6. The van der Waals surface area contributed by atoms with Crippen molar-refractivity contribution in [3.63, 3.8) is 0 Å². The molecular weight excluding hydrogens is 576 g/mol. The molecule has 0 saturated carbocycles. The summed E-state index contributed by atoms with van der Waals surface area (Å²) in [5.74, 6) is -2.93. The zero-order chi connectivity index (χ0) is 31.9. The Balaban J connectivity index is 1.52. The SMILES string of the molecule is CC(C)[C@](C)(O)NC(=O)Nc1ccc2c(c1)CC[C@@]21OC(=O)N(CC(=O)N(Cc2ccc(F)cc2)[C@@H](C)C(F)(F)F)C1=O. The van der Waals surface area contributed by atoms with E-state index in [1.165, 1.54) is 31.2 Å². The van der Waals surface area contributed by atoms with Crippen LogP contribution in [0.15, 0.2) is 42.5 Å². The van der Waals surface area contributed by atoms with Crippen molar-refractivity contribution >= 4 is 29.6 Å². The van der Waals surface area contributed by atoms with Gasteiger partial charge in [0.15, 0.2) is 0 Å². The Hall–Kier alpha value is -4.20. The molecule has 1 fully saturated rings. The van der Waals surface area contributed by atoms with Crippen molar-refractivity contribution in [3.8, 4) is 0 Å². The number of ether oxygens (including phenoxy) is 1. The first-order valence-electron chi connectivity index (χ1n) is 13.5. The summed E-state index contributed by atoms with van der Waals surface area (Å²) >= 11 is 0. The first-order chi connectivity index (χ1) is 19.9. The topological polar surface area (TPSA) is 128 Å². The molecule has 3 atom stereocenters. The number of benzene rings is 2. The normalized spacial score (nSPS) is 20.1. The van der Waals surface area contributed by atoms with Gasteiger partial charge >= 0.3 is 18.3 Å². The van der Waals surface area contributed by atoms with E-state index in [0.29, 0.717) is 26.6 Å². The molecule has 43 heavy (non-hydrogen) atoms. The van der Waals surface area contributed by atoms with Crippen LogP contribution in [0.4, 0.5) is 32.8 Å². The number of alkyl halides is 3. The lowest BCUT2D eigenvalue weighted by Crippen LogP contribution is -2.51. The molecule has 2 aromatic rings. The number of aryl methyl sites for hydroxylation is 1. The molecule has 0 radical (unpaired) electrons. The van der Waals surface area contributed by atoms with E-state index < -0.39 is 66.4 Å². The van der Waals surface area contributed by atoms with Gasteiger partial charge in [0.25, 0.3) is 5.91 Å². The Morgan fingerprint density at radius 1 is 1.12 bits per heavy atom. The van der Waals surface area contributed by atoms with Gasteiger partial charge in [0.1, 0.15) is 24.1 Å². The number of carbonyl (C=O) groups excluding carboxylic acids is 4. The molecule has 14 heteroatoms. The van der Waals surface area contributed by atoms with Crippen LogP contribution in [0.3, 0.4) is 0 Å². The van der Waals surface area contributed by atoms with Crippen molar-refractivity contribution in [1.29, 1.82) is 0 Å². The summed E-state index contributed by atoms with van der Waals surface area (Å²) in [6.07, 6.45) is -5.71. The van der Waals surface area contributed by atoms with E-state index in [4.69, 9.17) is 4.74 Å². The van der Waals surface area contributed by atoms with Crippen molar-refractivity contribution < 1.29 is 46.6 Å². The molecule has 3 N–H and O–H groups in total. The quantitative estimate of drug-likeness (QED) is 0.301. The summed E-state index contributed by atoms with van der Waals surface area (Å²) in [5.41, 5.74) is -1.78. The van der Waals surface area contributed by atoms with Crippen molar-refractivity contribution in [3.05, 3.63) is 65.0 Å². The maximum atomic E-state index is 13.7. The maximum absolute atomic E-state index is 13.7. The lowest BCUT2D eigenvalue weighted by atomic mass is 9.94. The summed E-state index contributed by atoms with van der Waals surface area (Å²) in [5, 5.41) is 15.4. The third kappa shape index (κ3) is 6.43. The highest BCUT2D eigenvalue weighted by Gasteiger charge is 2.58. The summed E-state index contributed by atoms with van der Waals surface area (Å²) in [6, 6.07) is 6.16. The van der Waals surface area contributed by atoms with Gasteiger partial charge in [0, 0.05) is 30.1 Å². The van der Waals surface area contributed by atoms with E-state index in [2.05, 4.69) is 10.6 Å². The fourth-order valence-corrected chi connectivity index (χ4v) is 4.90. The molecule has 4 rings (SSSR count). The standard InChI is InChI=1S/C29H32F4N4O6/c1-16(2)27(4,42)35-25(40)34-21-9-10-22-19(13-21)11-12-28(22)24(39)37(26(41)43-28)15-23(38)36(17(3)29(31,32)33)14-18-5-7-20(30)8-6-18/h5-10,13,16-17,42H,11-12,14-15H2,1-4H3,(H2,34,35,40)/t17-,27-,28+/m0/s1. The van der Waals surface area contributed by atoms with Crippen molar-refractivity contribution in [2.24, 2.45) is 5.92 Å². The maximum Gasteiger partial charge on any atom is 0.418 e. The number of imide groups is 1. The van der Waals surface area contributed by atoms with E-state index in [-0.39, 0.29) is 24.3 Å². The Morgan fingerprint density at radius 2 is 1.77 bits per heavy atom. The van der Waals surface area contributed by atoms with Crippen molar-refractivity contribution in [2.75, 3.05) is 11.9 Å². The number of hydrogen-bond acceptors (Lipinski definition) is 6. The molecule has 1 spiro atoms. The minimum atomic E-state index is -4.82. The minimum Gasteiger partial charge on any atom is -0.427 e. The van der Waals surface area contributed by atoms with Gasteiger partial charge in [-0.25, -0.2) is 18.9 Å². The van der Waals surface area contributed by atoms with Crippen LogP contribution in [0.5, 0.6) is 0 Å². The molecule has 2 aromatic carbocycles. The number of carbonyl (C=O) groups is 4. The molecule has 1 saturated heterocycles. The second-order valence-corrected chi connectivity index (χ2v) is 11.2. The number of halogens is 4. The van der Waals surface area contributed by atoms with Gasteiger partial charge in [-0.2, -0.15) is 13.2 Å². The first-order valence-corrected chi connectivity index (χ1v) is 13.5. The summed E-state index contributed by atoms with van der Waals surface area (Å²) in [4.78, 5) is 52.9. The van der Waals surface area contributed by atoms with E-state index in [0.717, 1.165) is 19.1 Å². The third-order valence-electron chi connectivity index (χ3n) is 7.93. The van der Waals surface area contributed by atoms with Gasteiger partial charge in [-0.05, 0) is 55.7 Å². The number of hydrogen-bond donors (Lipinski definition) is 3. The van der Waals surface area contributed by atoms with Crippen molar-refractivity contribution in [1.82, 2.24) is 15.1 Å². The lowest BCUT2D eigenvalue weighted by molar-refractivity contribution is -0.187. The fourth-order valence-electron chi connectivity index (χ4n) is 4.90. The predicted molar refractivity (Wildman–Crippen MR) is 145 cm³/mol. The van der Waals surface area contributed by atoms with E-state index in [9.17, 15) is 41.8 Å². The molecule has 1 heterocycles. The summed E-state index contributed by atoms with van der Waals surface area (Å²) < 4.78 is 59.8. The van der Waals surface area contributed by atoms with Crippen LogP contribution in [-0.2, 0) is 32.9 Å². The average Bonchev–Trinajstić information content (AvgIpc) is 3.38. The highest BCUT2D eigenvalue weighted by Crippen LogP contribution is 2.46. The van der Waals surface area contributed by atoms with E-state index in [1.54, 1.807) is 19.9 Å². The zero-order valence-electron chi connectivity index (χ0n) is 23.9. The number of nitrogens with zero attached hydrogens (tertiary/aromatic N) is 2. The molecule has 2 aliphatic rings.